The van der Waals surface area contributed by atoms with Gasteiger partial charge >= 0.3 is 0 Å². The van der Waals surface area contributed by atoms with E-state index in [1.54, 1.807) is 0 Å². The standard InChI is InChI=1S/C12H24BrN/c1-2-3-4-10-14(11-6-9-13)12-7-5-8-12/h12H,2-11H2,1H3. The summed E-state index contributed by atoms with van der Waals surface area (Å²) in [7, 11) is 0. The first kappa shape index (κ1) is 12.5. The van der Waals surface area contributed by atoms with Crippen LogP contribution < -0.4 is 0 Å². The fourth-order valence-electron chi connectivity index (χ4n) is 2.06. The van der Waals surface area contributed by atoms with Crippen LogP contribution >= 0.6 is 15.9 Å². The topological polar surface area (TPSA) is 3.24 Å². The molecule has 0 atom stereocenters. The van der Waals surface area contributed by atoms with Gasteiger partial charge in [-0.1, -0.05) is 42.1 Å². The van der Waals surface area contributed by atoms with Crippen LogP contribution in [0.1, 0.15) is 51.9 Å². The summed E-state index contributed by atoms with van der Waals surface area (Å²) in [4.78, 5) is 2.72. The number of alkyl halides is 1. The van der Waals surface area contributed by atoms with E-state index < -0.39 is 0 Å². The number of hydrogen-bond acceptors (Lipinski definition) is 1. The fraction of sp³-hybridized carbons (Fsp3) is 1.00. The van der Waals surface area contributed by atoms with Crippen molar-refractivity contribution in [3.8, 4) is 0 Å². The largest absolute Gasteiger partial charge is 0.300 e. The Bertz CT molecular complexity index is 134. The number of unbranched alkanes of at least 4 members (excludes halogenated alkanes) is 2. The summed E-state index contributed by atoms with van der Waals surface area (Å²) >= 11 is 3.52. The Labute approximate surface area is 97.4 Å². The van der Waals surface area contributed by atoms with Gasteiger partial charge in [0, 0.05) is 11.4 Å². The van der Waals surface area contributed by atoms with Crippen LogP contribution in [0.3, 0.4) is 0 Å². The van der Waals surface area contributed by atoms with E-state index >= 15 is 0 Å². The van der Waals surface area contributed by atoms with Crippen LogP contribution in [0.25, 0.3) is 0 Å². The number of halogens is 1. The van der Waals surface area contributed by atoms with Crippen molar-refractivity contribution in [3.63, 3.8) is 0 Å². The summed E-state index contributed by atoms with van der Waals surface area (Å²) in [6.45, 7) is 4.93. The average Bonchev–Trinajstić information content (AvgIpc) is 2.11. The zero-order valence-electron chi connectivity index (χ0n) is 9.47. The number of hydrogen-bond donors (Lipinski definition) is 0. The second kappa shape index (κ2) is 7.70. The van der Waals surface area contributed by atoms with Gasteiger partial charge in [-0.3, -0.25) is 0 Å². The highest BCUT2D eigenvalue weighted by atomic mass is 79.9. The normalized spacial score (nSPS) is 17.4. The molecule has 0 spiro atoms. The van der Waals surface area contributed by atoms with Crippen molar-refractivity contribution in [1.82, 2.24) is 4.90 Å². The van der Waals surface area contributed by atoms with Crippen LogP contribution in [0.2, 0.25) is 0 Å². The molecule has 0 aromatic heterocycles. The Kier molecular flexibility index (Phi) is 6.88. The van der Waals surface area contributed by atoms with E-state index in [1.165, 1.54) is 58.0 Å². The van der Waals surface area contributed by atoms with Crippen LogP contribution in [0, 0.1) is 0 Å². The van der Waals surface area contributed by atoms with Crippen molar-refractivity contribution in [1.29, 1.82) is 0 Å². The van der Waals surface area contributed by atoms with Crippen LogP contribution in [-0.2, 0) is 0 Å². The molecule has 0 radical (unpaired) electrons. The second-order valence-corrected chi connectivity index (χ2v) is 5.16. The molecule has 0 aromatic rings. The lowest BCUT2D eigenvalue weighted by molar-refractivity contribution is 0.125. The van der Waals surface area contributed by atoms with E-state index in [2.05, 4.69) is 27.8 Å². The minimum atomic E-state index is 0.936. The summed E-state index contributed by atoms with van der Waals surface area (Å²) < 4.78 is 0. The van der Waals surface area contributed by atoms with Crippen molar-refractivity contribution < 1.29 is 0 Å². The predicted molar refractivity (Wildman–Crippen MR) is 67.1 cm³/mol. The lowest BCUT2D eigenvalue weighted by Crippen LogP contribution is -2.41. The smallest absolute Gasteiger partial charge is 0.00952 e. The Morgan fingerprint density at radius 3 is 2.36 bits per heavy atom. The first-order valence-corrected chi connectivity index (χ1v) is 7.30. The molecule has 1 aliphatic carbocycles. The Morgan fingerprint density at radius 2 is 1.86 bits per heavy atom. The molecule has 0 aliphatic heterocycles. The molecular weight excluding hydrogens is 238 g/mol. The van der Waals surface area contributed by atoms with Crippen molar-refractivity contribution in [2.24, 2.45) is 0 Å². The van der Waals surface area contributed by atoms with E-state index in [4.69, 9.17) is 0 Å². The summed E-state index contributed by atoms with van der Waals surface area (Å²) in [5, 5.41) is 1.16. The molecule has 1 aliphatic rings. The highest BCUT2D eigenvalue weighted by molar-refractivity contribution is 9.09. The first-order valence-electron chi connectivity index (χ1n) is 6.18. The highest BCUT2D eigenvalue weighted by Gasteiger charge is 2.23. The van der Waals surface area contributed by atoms with E-state index in [9.17, 15) is 0 Å². The molecule has 0 aromatic carbocycles. The van der Waals surface area contributed by atoms with E-state index in [0.29, 0.717) is 0 Å². The van der Waals surface area contributed by atoms with Crippen molar-refractivity contribution in [3.05, 3.63) is 0 Å². The zero-order chi connectivity index (χ0) is 10.2. The number of rotatable bonds is 8. The van der Waals surface area contributed by atoms with Crippen molar-refractivity contribution in [2.75, 3.05) is 18.4 Å². The molecule has 1 saturated carbocycles. The summed E-state index contributed by atoms with van der Waals surface area (Å²) in [5.41, 5.74) is 0. The van der Waals surface area contributed by atoms with Gasteiger partial charge in [0.15, 0.2) is 0 Å². The molecule has 0 N–H and O–H groups in total. The molecule has 1 fully saturated rings. The van der Waals surface area contributed by atoms with Crippen molar-refractivity contribution >= 4 is 15.9 Å². The van der Waals surface area contributed by atoms with E-state index in [-0.39, 0.29) is 0 Å². The van der Waals surface area contributed by atoms with Gasteiger partial charge in [-0.2, -0.15) is 0 Å². The molecule has 14 heavy (non-hydrogen) atoms. The van der Waals surface area contributed by atoms with E-state index in [0.717, 1.165) is 11.4 Å². The minimum absolute atomic E-state index is 0.936. The molecule has 84 valence electrons. The molecule has 0 unspecified atom stereocenters. The van der Waals surface area contributed by atoms with Gasteiger partial charge in [-0.25, -0.2) is 0 Å². The van der Waals surface area contributed by atoms with Crippen molar-refractivity contribution in [2.45, 2.75) is 57.9 Å². The maximum atomic E-state index is 3.52. The molecule has 0 saturated heterocycles. The second-order valence-electron chi connectivity index (χ2n) is 4.37. The Hall–Kier alpha value is 0.440. The van der Waals surface area contributed by atoms with E-state index in [1.807, 2.05) is 0 Å². The third kappa shape index (κ3) is 4.31. The third-order valence-electron chi connectivity index (χ3n) is 3.22. The fourth-order valence-corrected chi connectivity index (χ4v) is 2.31. The summed E-state index contributed by atoms with van der Waals surface area (Å²) in [5.74, 6) is 0. The SMILES string of the molecule is CCCCCN(CCCBr)C1CCC1. The molecular formula is C12H24BrN. The predicted octanol–water partition coefficient (Wildman–Crippen LogP) is 3.82. The summed E-state index contributed by atoms with van der Waals surface area (Å²) in [6, 6.07) is 0.936. The molecule has 0 bridgehead atoms. The molecule has 1 rings (SSSR count). The van der Waals surface area contributed by atoms with Gasteiger partial charge in [0.25, 0.3) is 0 Å². The highest BCUT2D eigenvalue weighted by Crippen LogP contribution is 2.25. The van der Waals surface area contributed by atoms with Gasteiger partial charge < -0.3 is 4.90 Å². The number of nitrogens with zero attached hydrogens (tertiary/aromatic N) is 1. The first-order chi connectivity index (χ1) is 6.88. The maximum absolute atomic E-state index is 3.52. The van der Waals surface area contributed by atoms with Crippen LogP contribution in [0.5, 0.6) is 0 Å². The monoisotopic (exact) mass is 261 g/mol. The van der Waals surface area contributed by atoms with Crippen LogP contribution in [-0.4, -0.2) is 29.4 Å². The molecule has 1 nitrogen and oxygen atoms in total. The van der Waals surface area contributed by atoms with Gasteiger partial charge in [0.2, 0.25) is 0 Å². The van der Waals surface area contributed by atoms with Gasteiger partial charge in [-0.15, -0.1) is 0 Å². The van der Waals surface area contributed by atoms with Gasteiger partial charge in [-0.05, 0) is 38.8 Å². The third-order valence-corrected chi connectivity index (χ3v) is 3.78. The minimum Gasteiger partial charge on any atom is -0.300 e. The lowest BCUT2D eigenvalue weighted by Gasteiger charge is -2.37. The van der Waals surface area contributed by atoms with Gasteiger partial charge in [0.05, 0.1) is 0 Å². The maximum Gasteiger partial charge on any atom is 0.00952 e. The summed E-state index contributed by atoms with van der Waals surface area (Å²) in [6.07, 6.45) is 9.82. The Balaban J connectivity index is 2.14. The lowest BCUT2D eigenvalue weighted by atomic mass is 9.91. The average molecular weight is 262 g/mol. The molecule has 2 heteroatoms. The molecule has 0 amide bonds. The molecule has 0 heterocycles. The van der Waals surface area contributed by atoms with Gasteiger partial charge in [0.1, 0.15) is 0 Å². The quantitative estimate of drug-likeness (QED) is 0.475. The Morgan fingerprint density at radius 1 is 1.14 bits per heavy atom. The van der Waals surface area contributed by atoms with Crippen LogP contribution in [0.15, 0.2) is 0 Å². The van der Waals surface area contributed by atoms with Crippen LogP contribution in [0.4, 0.5) is 0 Å². The zero-order valence-corrected chi connectivity index (χ0v) is 11.1.